The molecule has 3 atom stereocenters. The Morgan fingerprint density at radius 3 is 2.12 bits per heavy atom. The third-order valence-electron chi connectivity index (χ3n) is 1.78. The number of methoxy groups -OCH3 is 1. The number of aliphatic hydroxyl groups excluding tert-OH is 1. The molecule has 0 fully saturated rings. The first-order valence-corrected chi connectivity index (χ1v) is 4.94. The summed E-state index contributed by atoms with van der Waals surface area (Å²) in [6.45, 7) is 3.03. The lowest BCUT2D eigenvalue weighted by Crippen LogP contribution is -2.40. The van der Waals surface area contributed by atoms with E-state index in [0.29, 0.717) is 12.6 Å². The summed E-state index contributed by atoms with van der Waals surface area (Å²) in [6, 6.07) is 0. The van der Waals surface area contributed by atoms with Crippen LogP contribution < -0.4 is 0 Å². The van der Waals surface area contributed by atoms with Crippen LogP contribution in [0.4, 0.5) is 0 Å². The Balaban J connectivity index is 4.36. The topological polar surface area (TPSA) is 82.1 Å². The van der Waals surface area contributed by atoms with Crippen molar-refractivity contribution in [3.63, 3.8) is 0 Å². The molecule has 0 bridgehead atoms. The maximum Gasteiger partial charge on any atom is 0.215 e. The van der Waals surface area contributed by atoms with Crippen LogP contribution in [-0.2, 0) is 23.8 Å². The van der Waals surface area contributed by atoms with Gasteiger partial charge in [0, 0.05) is 7.11 Å². The minimum absolute atomic E-state index is 0.202. The van der Waals surface area contributed by atoms with Crippen LogP contribution in [0.1, 0.15) is 13.8 Å². The van der Waals surface area contributed by atoms with Gasteiger partial charge in [0.25, 0.3) is 0 Å². The number of rotatable bonds is 9. The van der Waals surface area contributed by atoms with Gasteiger partial charge in [0.2, 0.25) is 6.29 Å². The molecule has 0 aliphatic rings. The Morgan fingerprint density at radius 1 is 1.19 bits per heavy atom. The quantitative estimate of drug-likeness (QED) is 0.429. The third kappa shape index (κ3) is 5.32. The molecule has 0 amide bonds. The minimum atomic E-state index is -1.12. The molecule has 16 heavy (non-hydrogen) atoms. The number of carbonyl (C=O) groups excluding carboxylic acids is 2. The zero-order chi connectivity index (χ0) is 12.6. The lowest BCUT2D eigenvalue weighted by Gasteiger charge is -2.24. The van der Waals surface area contributed by atoms with Crippen LogP contribution in [0.25, 0.3) is 0 Å². The Kier molecular flexibility index (Phi) is 7.92. The maximum atomic E-state index is 10.6. The van der Waals surface area contributed by atoms with Crippen LogP contribution in [-0.4, -0.2) is 56.0 Å². The highest BCUT2D eigenvalue weighted by Crippen LogP contribution is 2.06. The summed E-state index contributed by atoms with van der Waals surface area (Å²) in [4.78, 5) is 21.2. The molecular weight excluding hydrogens is 216 g/mol. The molecule has 0 spiro atoms. The largest absolute Gasteiger partial charge is 0.394 e. The van der Waals surface area contributed by atoms with E-state index in [-0.39, 0.29) is 6.10 Å². The predicted octanol–water partition coefficient (Wildman–Crippen LogP) is -0.472. The van der Waals surface area contributed by atoms with Gasteiger partial charge in [0.1, 0.15) is 12.2 Å². The van der Waals surface area contributed by atoms with E-state index in [2.05, 4.69) is 0 Å². The molecule has 0 aliphatic heterocycles. The van der Waals surface area contributed by atoms with Crippen molar-refractivity contribution in [1.29, 1.82) is 0 Å². The fourth-order valence-corrected chi connectivity index (χ4v) is 1.06. The van der Waals surface area contributed by atoms with Gasteiger partial charge >= 0.3 is 0 Å². The van der Waals surface area contributed by atoms with Gasteiger partial charge in [-0.15, -0.1) is 0 Å². The first-order valence-electron chi connectivity index (χ1n) is 4.94. The second-order valence-corrected chi connectivity index (χ2v) is 3.38. The first-order chi connectivity index (χ1) is 7.58. The molecular formula is C10H18O6. The van der Waals surface area contributed by atoms with Gasteiger partial charge in [0.05, 0.1) is 12.7 Å². The monoisotopic (exact) mass is 234 g/mol. The van der Waals surface area contributed by atoms with Crippen molar-refractivity contribution in [2.24, 2.45) is 0 Å². The van der Waals surface area contributed by atoms with Crippen molar-refractivity contribution in [3.05, 3.63) is 0 Å². The van der Waals surface area contributed by atoms with E-state index in [1.54, 1.807) is 13.8 Å². The minimum Gasteiger partial charge on any atom is -0.394 e. The number of aldehydes is 2. The molecule has 0 rings (SSSR count). The molecule has 0 aromatic heterocycles. The normalized spacial score (nSPS) is 16.8. The van der Waals surface area contributed by atoms with Crippen LogP contribution in [0.5, 0.6) is 0 Å². The fraction of sp³-hybridized carbons (Fsp3) is 0.800. The van der Waals surface area contributed by atoms with Gasteiger partial charge in [-0.3, -0.25) is 4.79 Å². The van der Waals surface area contributed by atoms with E-state index in [1.807, 2.05) is 0 Å². The smallest absolute Gasteiger partial charge is 0.215 e. The van der Waals surface area contributed by atoms with Crippen molar-refractivity contribution >= 4 is 12.6 Å². The molecule has 0 aromatic rings. The molecule has 0 saturated carbocycles. The average molecular weight is 234 g/mol. The summed E-state index contributed by atoms with van der Waals surface area (Å²) in [5, 5.41) is 9.00. The lowest BCUT2D eigenvalue weighted by molar-refractivity contribution is -0.204. The van der Waals surface area contributed by atoms with Crippen molar-refractivity contribution < 1.29 is 28.9 Å². The average Bonchev–Trinajstić information content (AvgIpc) is 2.27. The van der Waals surface area contributed by atoms with Crippen LogP contribution >= 0.6 is 0 Å². The zero-order valence-corrected chi connectivity index (χ0v) is 9.66. The zero-order valence-electron chi connectivity index (χ0n) is 9.66. The van der Waals surface area contributed by atoms with E-state index >= 15 is 0 Å². The summed E-state index contributed by atoms with van der Waals surface area (Å²) in [7, 11) is 1.31. The molecule has 6 heteroatoms. The molecule has 0 radical (unpaired) electrons. The summed E-state index contributed by atoms with van der Waals surface area (Å²) in [5.74, 6) is 0. The van der Waals surface area contributed by atoms with Crippen LogP contribution in [0.15, 0.2) is 0 Å². The standard InChI is InChI=1S/C10H18O6/c1-7(2)15-10(6-13)16-9(5-12)8(4-11)14-3/h4,6-10,12H,5H2,1-3H3/t8-,9+,10-/m0/s1. The summed E-state index contributed by atoms with van der Waals surface area (Å²) < 4.78 is 15.0. The SMILES string of the molecule is CO[C@@H](C=O)[C@@H](CO)O[C@@H](C=O)OC(C)C. The third-order valence-corrected chi connectivity index (χ3v) is 1.78. The second kappa shape index (κ2) is 8.35. The number of ether oxygens (including phenoxy) is 3. The number of aliphatic hydroxyl groups is 1. The number of hydrogen-bond acceptors (Lipinski definition) is 6. The molecule has 0 aromatic carbocycles. The lowest BCUT2D eigenvalue weighted by atomic mass is 10.2. The van der Waals surface area contributed by atoms with E-state index in [1.165, 1.54) is 7.11 Å². The second-order valence-electron chi connectivity index (χ2n) is 3.38. The van der Waals surface area contributed by atoms with E-state index < -0.39 is 25.1 Å². The Labute approximate surface area is 94.5 Å². The van der Waals surface area contributed by atoms with Crippen molar-refractivity contribution in [2.75, 3.05) is 13.7 Å². The Hall–Kier alpha value is -0.820. The van der Waals surface area contributed by atoms with Crippen molar-refractivity contribution in [1.82, 2.24) is 0 Å². The number of hydrogen-bond donors (Lipinski definition) is 1. The van der Waals surface area contributed by atoms with E-state index in [9.17, 15) is 9.59 Å². The fourth-order valence-electron chi connectivity index (χ4n) is 1.06. The number of carbonyl (C=O) groups is 2. The molecule has 1 N–H and O–H groups in total. The van der Waals surface area contributed by atoms with Gasteiger partial charge in [-0.05, 0) is 13.8 Å². The summed E-state index contributed by atoms with van der Waals surface area (Å²) in [6.07, 6.45) is -2.21. The summed E-state index contributed by atoms with van der Waals surface area (Å²) in [5.41, 5.74) is 0. The van der Waals surface area contributed by atoms with Crippen LogP contribution in [0.3, 0.4) is 0 Å². The Bertz CT molecular complexity index is 205. The molecule has 6 nitrogen and oxygen atoms in total. The predicted molar refractivity (Wildman–Crippen MR) is 54.9 cm³/mol. The molecule has 94 valence electrons. The maximum absolute atomic E-state index is 10.6. The molecule has 0 aliphatic carbocycles. The highest BCUT2D eigenvalue weighted by molar-refractivity contribution is 5.57. The van der Waals surface area contributed by atoms with E-state index in [0.717, 1.165) is 0 Å². The molecule has 0 unspecified atom stereocenters. The van der Waals surface area contributed by atoms with Crippen LogP contribution in [0.2, 0.25) is 0 Å². The highest BCUT2D eigenvalue weighted by Gasteiger charge is 2.25. The first kappa shape index (κ1) is 15.2. The van der Waals surface area contributed by atoms with E-state index in [4.69, 9.17) is 19.3 Å². The van der Waals surface area contributed by atoms with Gasteiger partial charge in [-0.2, -0.15) is 0 Å². The highest BCUT2D eigenvalue weighted by atomic mass is 16.7. The van der Waals surface area contributed by atoms with Crippen molar-refractivity contribution in [3.8, 4) is 0 Å². The molecule has 0 heterocycles. The molecule has 0 saturated heterocycles. The van der Waals surface area contributed by atoms with Gasteiger partial charge in [0.15, 0.2) is 12.6 Å². The van der Waals surface area contributed by atoms with Gasteiger partial charge in [-0.25, -0.2) is 0 Å². The van der Waals surface area contributed by atoms with Crippen molar-refractivity contribution in [2.45, 2.75) is 38.4 Å². The van der Waals surface area contributed by atoms with Crippen LogP contribution in [0, 0.1) is 0 Å². The van der Waals surface area contributed by atoms with Gasteiger partial charge in [-0.1, -0.05) is 0 Å². The Morgan fingerprint density at radius 2 is 1.81 bits per heavy atom. The summed E-state index contributed by atoms with van der Waals surface area (Å²) >= 11 is 0. The van der Waals surface area contributed by atoms with Gasteiger partial charge < -0.3 is 24.1 Å².